The third-order valence-corrected chi connectivity index (χ3v) is 9.35. The van der Waals surface area contributed by atoms with Crippen molar-refractivity contribution in [1.82, 2.24) is 35.5 Å². The molecule has 50 heavy (non-hydrogen) atoms. The van der Waals surface area contributed by atoms with E-state index in [1.54, 1.807) is 49.2 Å². The molecule has 3 N–H and O–H groups in total. The second kappa shape index (κ2) is 16.7. The first-order valence-electron chi connectivity index (χ1n) is 17.1. The molecule has 13 heteroatoms. The largest absolute Gasteiger partial charge is 0.350 e. The minimum absolute atomic E-state index is 0.108. The van der Waals surface area contributed by atoms with E-state index in [9.17, 15) is 28.0 Å². The van der Waals surface area contributed by atoms with Crippen LogP contribution in [0.2, 0.25) is 0 Å². The van der Waals surface area contributed by atoms with Gasteiger partial charge in [-0.15, -0.1) is 0 Å². The number of carbonyl (C=O) groups is 4. The van der Waals surface area contributed by atoms with Crippen LogP contribution >= 0.6 is 0 Å². The predicted molar refractivity (Wildman–Crippen MR) is 184 cm³/mol. The second-order valence-corrected chi connectivity index (χ2v) is 13.0. The first kappa shape index (κ1) is 36.4. The first-order valence-corrected chi connectivity index (χ1v) is 17.1. The number of rotatable bonds is 12. The third kappa shape index (κ3) is 9.84. The number of carbonyl (C=O) groups excluding carboxylic acids is 4. The van der Waals surface area contributed by atoms with Gasteiger partial charge in [0, 0.05) is 71.8 Å². The van der Waals surface area contributed by atoms with E-state index < -0.39 is 29.7 Å². The van der Waals surface area contributed by atoms with Gasteiger partial charge in [0.25, 0.3) is 11.8 Å². The molecule has 266 valence electrons. The summed E-state index contributed by atoms with van der Waals surface area (Å²) in [5.74, 6) is -4.70. The maximum absolute atomic E-state index is 13.9. The van der Waals surface area contributed by atoms with Crippen LogP contribution in [-0.4, -0.2) is 81.4 Å². The lowest BCUT2D eigenvalue weighted by Gasteiger charge is -2.35. The molecule has 1 saturated carbocycles. The van der Waals surface area contributed by atoms with Gasteiger partial charge in [-0.2, -0.15) is 5.10 Å². The Morgan fingerprint density at radius 2 is 1.62 bits per heavy atom. The van der Waals surface area contributed by atoms with Crippen molar-refractivity contribution in [2.24, 2.45) is 13.0 Å². The Kier molecular flexibility index (Phi) is 12.1. The van der Waals surface area contributed by atoms with E-state index in [1.807, 2.05) is 18.2 Å². The van der Waals surface area contributed by atoms with Crippen LogP contribution in [0.3, 0.4) is 0 Å². The van der Waals surface area contributed by atoms with E-state index in [-0.39, 0.29) is 61.9 Å². The number of halogens is 2. The molecule has 1 saturated heterocycles. The number of benzene rings is 2. The van der Waals surface area contributed by atoms with E-state index >= 15 is 0 Å². The highest BCUT2D eigenvalue weighted by Gasteiger charge is 2.40. The number of nitrogens with one attached hydrogen (secondary N) is 3. The van der Waals surface area contributed by atoms with Crippen molar-refractivity contribution in [2.45, 2.75) is 64.1 Å². The lowest BCUT2D eigenvalue weighted by atomic mass is 9.81. The van der Waals surface area contributed by atoms with Crippen molar-refractivity contribution in [3.8, 4) is 0 Å². The minimum atomic E-state index is -2.78. The van der Waals surface area contributed by atoms with Gasteiger partial charge in [-0.1, -0.05) is 61.5 Å². The number of aryl methyl sites for hydroxylation is 1. The summed E-state index contributed by atoms with van der Waals surface area (Å²) in [6, 6.07) is 17.9. The molecule has 4 amide bonds. The highest BCUT2D eigenvalue weighted by atomic mass is 19.3. The molecule has 3 aromatic rings. The zero-order chi connectivity index (χ0) is 35.7. The number of piperazine rings is 1. The van der Waals surface area contributed by atoms with Crippen molar-refractivity contribution in [3.05, 3.63) is 94.9 Å². The van der Waals surface area contributed by atoms with E-state index in [0.29, 0.717) is 18.7 Å². The first-order chi connectivity index (χ1) is 24.0. The molecule has 2 heterocycles. The summed E-state index contributed by atoms with van der Waals surface area (Å²) in [5.41, 5.74) is 3.11. The Morgan fingerprint density at radius 3 is 2.24 bits per heavy atom. The molecule has 5 rings (SSSR count). The summed E-state index contributed by atoms with van der Waals surface area (Å²) in [6.45, 7) is 5.18. The van der Waals surface area contributed by atoms with E-state index in [4.69, 9.17) is 0 Å². The van der Waals surface area contributed by atoms with Gasteiger partial charge in [0.1, 0.15) is 17.4 Å². The molecule has 1 aromatic heterocycles. The Hall–Kier alpha value is -4.91. The van der Waals surface area contributed by atoms with Gasteiger partial charge in [-0.05, 0) is 47.6 Å². The van der Waals surface area contributed by atoms with E-state index in [2.05, 4.69) is 38.1 Å². The van der Waals surface area contributed by atoms with Gasteiger partial charge >= 0.3 is 0 Å². The van der Waals surface area contributed by atoms with Crippen LogP contribution < -0.4 is 16.0 Å². The van der Waals surface area contributed by atoms with Crippen LogP contribution in [0.5, 0.6) is 0 Å². The average Bonchev–Trinajstić information content (AvgIpc) is 3.56. The number of nitrogens with zero attached hydrogens (tertiary/aromatic N) is 4. The Balaban J connectivity index is 1.21. The number of hydrogen-bond donors (Lipinski definition) is 3. The highest BCUT2D eigenvalue weighted by Crippen LogP contribution is 2.37. The molecule has 2 aromatic carbocycles. The monoisotopic (exact) mass is 689 g/mol. The minimum Gasteiger partial charge on any atom is -0.350 e. The molecular formula is C37H45F2N7O4. The molecule has 1 aliphatic carbocycles. The number of amides is 4. The normalized spacial score (nSPS) is 17.5. The standard InChI is InChI=1S/C37H45F2N7O4/c1-3-32(47)42-30(36(50)46-21-19-45(20-22-46)25-28-7-5-4-6-8-28)23-26-9-11-27(12-10-26)24-40-35(49)33(29-13-16-37(38,39)17-14-29)43-34(48)31-15-18-41-44(31)2/h4-12,15,18,23,29,33H,3,13-14,16-17,19-22,24-25H2,1-2H3,(H,40,49)(H,42,47)(H,43,48)/b30-23+/t33-/m0/s1. The summed E-state index contributed by atoms with van der Waals surface area (Å²) in [6.07, 6.45) is 2.87. The van der Waals surface area contributed by atoms with E-state index in [1.165, 1.54) is 22.5 Å². The topological polar surface area (TPSA) is 129 Å². The van der Waals surface area contributed by atoms with Crippen LogP contribution in [0, 0.1) is 5.92 Å². The summed E-state index contributed by atoms with van der Waals surface area (Å²) in [4.78, 5) is 56.4. The van der Waals surface area contributed by atoms with E-state index in [0.717, 1.165) is 25.2 Å². The van der Waals surface area contributed by atoms with Gasteiger partial charge in [0.05, 0.1) is 0 Å². The quantitative estimate of drug-likeness (QED) is 0.248. The van der Waals surface area contributed by atoms with Crippen molar-refractivity contribution in [1.29, 1.82) is 0 Å². The van der Waals surface area contributed by atoms with Gasteiger partial charge in [-0.25, -0.2) is 8.78 Å². The Labute approximate surface area is 291 Å². The fraction of sp³-hybridized carbons (Fsp3) is 0.432. The van der Waals surface area contributed by atoms with Crippen molar-refractivity contribution < 1.29 is 28.0 Å². The van der Waals surface area contributed by atoms with Gasteiger partial charge < -0.3 is 20.9 Å². The molecule has 0 bridgehead atoms. The SMILES string of the molecule is CCC(=O)N/C(=C/c1ccc(CNC(=O)[C@@H](NC(=O)c2ccnn2C)C2CCC(F)(F)CC2)cc1)C(=O)N1CCN(Cc2ccccc2)CC1. The summed E-state index contributed by atoms with van der Waals surface area (Å²) in [5, 5.41) is 12.4. The average molecular weight is 690 g/mol. The molecule has 0 unspecified atom stereocenters. The fourth-order valence-electron chi connectivity index (χ4n) is 6.31. The van der Waals surface area contributed by atoms with Gasteiger partial charge in [0.2, 0.25) is 17.7 Å². The molecule has 2 fully saturated rings. The zero-order valence-corrected chi connectivity index (χ0v) is 28.5. The summed E-state index contributed by atoms with van der Waals surface area (Å²) >= 11 is 0. The van der Waals surface area contributed by atoms with Crippen LogP contribution in [0.15, 0.2) is 72.6 Å². The smallest absolute Gasteiger partial charge is 0.270 e. The van der Waals surface area contributed by atoms with Gasteiger partial charge in [0.15, 0.2) is 0 Å². The lowest BCUT2D eigenvalue weighted by Crippen LogP contribution is -2.52. The predicted octanol–water partition coefficient (Wildman–Crippen LogP) is 3.87. The molecular weight excluding hydrogens is 644 g/mol. The number of hydrogen-bond acceptors (Lipinski definition) is 6. The second-order valence-electron chi connectivity index (χ2n) is 13.0. The van der Waals surface area contributed by atoms with Crippen molar-refractivity contribution in [2.75, 3.05) is 26.2 Å². The Bertz CT molecular complexity index is 1660. The summed E-state index contributed by atoms with van der Waals surface area (Å²) < 4.78 is 29.2. The van der Waals surface area contributed by atoms with Gasteiger partial charge in [-0.3, -0.25) is 28.8 Å². The number of aromatic nitrogens is 2. The van der Waals surface area contributed by atoms with Crippen LogP contribution in [-0.2, 0) is 34.5 Å². The van der Waals surface area contributed by atoms with Crippen molar-refractivity contribution in [3.63, 3.8) is 0 Å². The highest BCUT2D eigenvalue weighted by molar-refractivity contribution is 6.01. The van der Waals surface area contributed by atoms with Crippen LogP contribution in [0.4, 0.5) is 8.78 Å². The number of alkyl halides is 2. The van der Waals surface area contributed by atoms with Crippen molar-refractivity contribution >= 4 is 29.7 Å². The van der Waals surface area contributed by atoms with Crippen LogP contribution in [0.1, 0.15) is 66.2 Å². The fourth-order valence-corrected chi connectivity index (χ4v) is 6.31. The Morgan fingerprint density at radius 1 is 0.940 bits per heavy atom. The molecule has 1 aliphatic heterocycles. The summed E-state index contributed by atoms with van der Waals surface area (Å²) in [7, 11) is 1.61. The third-order valence-electron chi connectivity index (χ3n) is 9.35. The zero-order valence-electron chi connectivity index (χ0n) is 28.5. The maximum Gasteiger partial charge on any atom is 0.270 e. The maximum atomic E-state index is 13.9. The molecule has 0 radical (unpaired) electrons. The molecule has 11 nitrogen and oxygen atoms in total. The lowest BCUT2D eigenvalue weighted by molar-refractivity contribution is -0.131. The molecule has 0 spiro atoms. The van der Waals surface area contributed by atoms with Crippen LogP contribution in [0.25, 0.3) is 6.08 Å². The molecule has 2 aliphatic rings. The molecule has 1 atom stereocenters.